The lowest BCUT2D eigenvalue weighted by Crippen LogP contribution is -2.43. The molecule has 0 aliphatic carbocycles. The highest BCUT2D eigenvalue weighted by atomic mass is 16.5. The largest absolute Gasteiger partial charge is 0.458 e. The van der Waals surface area contributed by atoms with Crippen LogP contribution in [0, 0.1) is 6.92 Å². The molecule has 4 heteroatoms. The molecule has 4 nitrogen and oxygen atoms in total. The number of methoxy groups -OCH3 is 1. The normalized spacial score (nSPS) is 20.1. The van der Waals surface area contributed by atoms with Crippen LogP contribution in [-0.2, 0) is 9.47 Å². The molecule has 1 aliphatic heterocycles. The maximum atomic E-state index is 10.7. The smallest absolute Gasteiger partial charge is 0.141 e. The average Bonchev–Trinajstić information content (AvgIpc) is 2.90. The Morgan fingerprint density at radius 1 is 1.25 bits per heavy atom. The Labute approximate surface area is 118 Å². The van der Waals surface area contributed by atoms with Crippen molar-refractivity contribution in [1.29, 1.82) is 0 Å². The van der Waals surface area contributed by atoms with Crippen LogP contribution < -0.4 is 0 Å². The van der Waals surface area contributed by atoms with Gasteiger partial charge in [-0.1, -0.05) is 11.6 Å². The first-order valence-electron chi connectivity index (χ1n) is 6.96. The van der Waals surface area contributed by atoms with Crippen molar-refractivity contribution in [3.8, 4) is 0 Å². The van der Waals surface area contributed by atoms with E-state index >= 15 is 0 Å². The Morgan fingerprint density at radius 2 is 2.00 bits per heavy atom. The first-order valence-corrected chi connectivity index (χ1v) is 6.96. The number of hydrogen-bond acceptors (Lipinski definition) is 4. The molecule has 1 aliphatic rings. The molecule has 1 fully saturated rings. The summed E-state index contributed by atoms with van der Waals surface area (Å²) < 4.78 is 16.8. The van der Waals surface area contributed by atoms with E-state index < -0.39 is 11.7 Å². The van der Waals surface area contributed by atoms with Gasteiger partial charge >= 0.3 is 0 Å². The zero-order chi connectivity index (χ0) is 14.2. The van der Waals surface area contributed by atoms with Crippen molar-refractivity contribution in [2.45, 2.75) is 31.5 Å². The van der Waals surface area contributed by atoms with E-state index in [1.807, 2.05) is 25.1 Å². The van der Waals surface area contributed by atoms with Gasteiger partial charge in [-0.2, -0.15) is 0 Å². The highest BCUT2D eigenvalue weighted by Crippen LogP contribution is 2.39. The van der Waals surface area contributed by atoms with Gasteiger partial charge in [-0.15, -0.1) is 0 Å². The number of furan rings is 1. The van der Waals surface area contributed by atoms with E-state index in [0.29, 0.717) is 31.8 Å². The summed E-state index contributed by atoms with van der Waals surface area (Å²) in [4.78, 5) is 0. The maximum absolute atomic E-state index is 10.7. The van der Waals surface area contributed by atoms with Gasteiger partial charge in [0.2, 0.25) is 0 Å². The van der Waals surface area contributed by atoms with Crippen molar-refractivity contribution in [2.75, 3.05) is 20.3 Å². The van der Waals surface area contributed by atoms with Gasteiger partial charge in [-0.25, -0.2) is 0 Å². The molecule has 0 amide bonds. The number of rotatable bonds is 3. The van der Waals surface area contributed by atoms with E-state index in [1.165, 1.54) is 5.56 Å². The van der Waals surface area contributed by atoms with Crippen molar-refractivity contribution in [1.82, 2.24) is 0 Å². The zero-order valence-electron chi connectivity index (χ0n) is 11.9. The number of benzene rings is 1. The summed E-state index contributed by atoms with van der Waals surface area (Å²) in [6.07, 6.45) is 0.561. The molecule has 3 rings (SSSR count). The summed E-state index contributed by atoms with van der Waals surface area (Å²) in [5.74, 6) is 0.564. The lowest BCUT2D eigenvalue weighted by Gasteiger charge is -2.38. The maximum Gasteiger partial charge on any atom is 0.141 e. The second-order valence-electron chi connectivity index (χ2n) is 5.47. The second kappa shape index (κ2) is 5.20. The SMILES string of the molecule is COC1(C(O)c2cc3cc(C)ccc3o2)CCOCC1. The minimum atomic E-state index is -0.774. The predicted molar refractivity (Wildman–Crippen MR) is 75.7 cm³/mol. The van der Waals surface area contributed by atoms with Gasteiger partial charge < -0.3 is 19.0 Å². The molecule has 1 unspecified atom stereocenters. The monoisotopic (exact) mass is 276 g/mol. The van der Waals surface area contributed by atoms with E-state index in [9.17, 15) is 5.11 Å². The fraction of sp³-hybridized carbons (Fsp3) is 0.500. The van der Waals surface area contributed by atoms with Crippen LogP contribution in [-0.4, -0.2) is 31.0 Å². The molecular weight excluding hydrogens is 256 g/mol. The number of aliphatic hydroxyl groups is 1. The van der Waals surface area contributed by atoms with Crippen LogP contribution in [0.4, 0.5) is 0 Å². The van der Waals surface area contributed by atoms with E-state index in [-0.39, 0.29) is 0 Å². The molecule has 0 spiro atoms. The molecule has 108 valence electrons. The van der Waals surface area contributed by atoms with Crippen molar-refractivity contribution < 1.29 is 19.0 Å². The van der Waals surface area contributed by atoms with E-state index in [4.69, 9.17) is 13.9 Å². The molecule has 2 heterocycles. The third-order valence-electron chi connectivity index (χ3n) is 4.20. The Hall–Kier alpha value is -1.36. The highest BCUT2D eigenvalue weighted by Gasteiger charge is 2.42. The van der Waals surface area contributed by atoms with E-state index in [0.717, 1.165) is 11.0 Å². The predicted octanol–water partition coefficient (Wildman–Crippen LogP) is 2.97. The van der Waals surface area contributed by atoms with Crippen LogP contribution in [0.15, 0.2) is 28.7 Å². The molecule has 1 aromatic heterocycles. The summed E-state index contributed by atoms with van der Waals surface area (Å²) in [5.41, 5.74) is 1.36. The van der Waals surface area contributed by atoms with Crippen LogP contribution in [0.2, 0.25) is 0 Å². The van der Waals surface area contributed by atoms with E-state index in [1.54, 1.807) is 7.11 Å². The van der Waals surface area contributed by atoms with Crippen LogP contribution in [0.5, 0.6) is 0 Å². The van der Waals surface area contributed by atoms with Crippen LogP contribution in [0.25, 0.3) is 11.0 Å². The molecule has 2 aromatic rings. The molecule has 20 heavy (non-hydrogen) atoms. The second-order valence-corrected chi connectivity index (χ2v) is 5.47. The number of fused-ring (bicyclic) bond motifs is 1. The number of aliphatic hydroxyl groups excluding tert-OH is 1. The topological polar surface area (TPSA) is 51.8 Å². The summed E-state index contributed by atoms with van der Waals surface area (Å²) in [6, 6.07) is 7.90. The van der Waals surface area contributed by atoms with Gasteiger partial charge in [0, 0.05) is 38.6 Å². The van der Waals surface area contributed by atoms with Gasteiger partial charge in [0.15, 0.2) is 0 Å². The Kier molecular flexibility index (Phi) is 3.54. The molecule has 1 aromatic carbocycles. The fourth-order valence-electron chi connectivity index (χ4n) is 2.88. The molecule has 0 radical (unpaired) electrons. The van der Waals surface area contributed by atoms with Crippen LogP contribution in [0.3, 0.4) is 0 Å². The van der Waals surface area contributed by atoms with E-state index in [2.05, 4.69) is 6.07 Å². The van der Waals surface area contributed by atoms with Gasteiger partial charge in [0.1, 0.15) is 23.0 Å². The average molecular weight is 276 g/mol. The van der Waals surface area contributed by atoms with Crippen molar-refractivity contribution in [2.24, 2.45) is 0 Å². The molecule has 0 bridgehead atoms. The molecule has 1 N–H and O–H groups in total. The van der Waals surface area contributed by atoms with Gasteiger partial charge in [0.05, 0.1) is 0 Å². The Balaban J connectivity index is 1.96. The zero-order valence-corrected chi connectivity index (χ0v) is 11.9. The van der Waals surface area contributed by atoms with Gasteiger partial charge in [-0.05, 0) is 25.1 Å². The Morgan fingerprint density at radius 3 is 2.70 bits per heavy atom. The quantitative estimate of drug-likeness (QED) is 0.936. The molecule has 0 saturated carbocycles. The number of aryl methyl sites for hydroxylation is 1. The summed E-state index contributed by atoms with van der Waals surface area (Å²) >= 11 is 0. The minimum absolute atomic E-state index is 0.564. The Bertz CT molecular complexity index is 596. The highest BCUT2D eigenvalue weighted by molar-refractivity contribution is 5.78. The van der Waals surface area contributed by atoms with Crippen LogP contribution >= 0.6 is 0 Å². The van der Waals surface area contributed by atoms with Gasteiger partial charge in [-0.3, -0.25) is 0 Å². The number of hydrogen-bond donors (Lipinski definition) is 1. The first kappa shape index (κ1) is 13.6. The van der Waals surface area contributed by atoms with Crippen LogP contribution in [0.1, 0.15) is 30.3 Å². The summed E-state index contributed by atoms with van der Waals surface area (Å²) in [6.45, 7) is 3.24. The summed E-state index contributed by atoms with van der Waals surface area (Å²) in [5, 5.41) is 11.7. The third kappa shape index (κ3) is 2.24. The standard InChI is InChI=1S/C16H20O4/c1-11-3-4-13-12(9-11)10-14(20-13)15(17)16(18-2)5-7-19-8-6-16/h3-4,9-10,15,17H,5-8H2,1-2H3. The third-order valence-corrected chi connectivity index (χ3v) is 4.20. The lowest BCUT2D eigenvalue weighted by molar-refractivity contribution is -0.159. The van der Waals surface area contributed by atoms with Gasteiger partial charge in [0.25, 0.3) is 0 Å². The molecular formula is C16H20O4. The summed E-state index contributed by atoms with van der Waals surface area (Å²) in [7, 11) is 1.64. The first-order chi connectivity index (χ1) is 9.64. The van der Waals surface area contributed by atoms with Crippen molar-refractivity contribution in [3.05, 3.63) is 35.6 Å². The minimum Gasteiger partial charge on any atom is -0.458 e. The molecule has 1 atom stereocenters. The van der Waals surface area contributed by atoms with Crippen molar-refractivity contribution >= 4 is 11.0 Å². The number of ether oxygens (including phenoxy) is 2. The van der Waals surface area contributed by atoms with Crippen molar-refractivity contribution in [3.63, 3.8) is 0 Å². The fourth-order valence-corrected chi connectivity index (χ4v) is 2.88. The molecule has 1 saturated heterocycles. The lowest BCUT2D eigenvalue weighted by atomic mass is 9.86.